The fourth-order valence-electron chi connectivity index (χ4n) is 3.40. The Morgan fingerprint density at radius 1 is 1.42 bits per heavy atom. The summed E-state index contributed by atoms with van der Waals surface area (Å²) >= 11 is 0. The van der Waals surface area contributed by atoms with Crippen molar-refractivity contribution in [3.63, 3.8) is 0 Å². The van der Waals surface area contributed by atoms with E-state index in [9.17, 15) is 0 Å². The van der Waals surface area contributed by atoms with Crippen LogP contribution in [0.2, 0.25) is 0 Å². The third kappa shape index (κ3) is 2.98. The lowest BCUT2D eigenvalue weighted by molar-refractivity contribution is -0.0164. The fourth-order valence-corrected chi connectivity index (χ4v) is 3.40. The van der Waals surface area contributed by atoms with Crippen molar-refractivity contribution in [1.82, 2.24) is 9.88 Å². The Labute approximate surface area is 116 Å². The first-order valence-electron chi connectivity index (χ1n) is 7.67. The van der Waals surface area contributed by atoms with Crippen molar-refractivity contribution >= 4 is 0 Å². The summed E-state index contributed by atoms with van der Waals surface area (Å²) in [6.45, 7) is 5.78. The summed E-state index contributed by atoms with van der Waals surface area (Å²) in [5, 5.41) is 0. The highest BCUT2D eigenvalue weighted by Gasteiger charge is 2.28. The largest absolute Gasteiger partial charge is 0.369 e. The second-order valence-corrected chi connectivity index (χ2v) is 5.80. The Morgan fingerprint density at radius 3 is 3.26 bits per heavy atom. The Hall–Kier alpha value is -0.930. The van der Waals surface area contributed by atoms with Gasteiger partial charge in [0.2, 0.25) is 0 Å². The minimum atomic E-state index is 0.304. The van der Waals surface area contributed by atoms with Crippen LogP contribution < -0.4 is 0 Å². The van der Waals surface area contributed by atoms with E-state index < -0.39 is 0 Å². The van der Waals surface area contributed by atoms with E-state index in [1.165, 1.54) is 49.9 Å². The Bertz CT molecular complexity index is 421. The second-order valence-electron chi connectivity index (χ2n) is 5.80. The van der Waals surface area contributed by atoms with Crippen molar-refractivity contribution < 1.29 is 4.74 Å². The minimum absolute atomic E-state index is 0.304. The molecule has 104 valence electrons. The van der Waals surface area contributed by atoms with Crippen molar-refractivity contribution in [2.24, 2.45) is 0 Å². The van der Waals surface area contributed by atoms with Crippen LogP contribution in [-0.2, 0) is 11.2 Å². The molecule has 1 aliphatic carbocycles. The van der Waals surface area contributed by atoms with Gasteiger partial charge in [-0.3, -0.25) is 4.98 Å². The molecule has 0 saturated carbocycles. The van der Waals surface area contributed by atoms with Gasteiger partial charge in [0, 0.05) is 25.5 Å². The molecule has 2 aliphatic rings. The van der Waals surface area contributed by atoms with Gasteiger partial charge in [-0.05, 0) is 55.8 Å². The van der Waals surface area contributed by atoms with Crippen LogP contribution in [0.4, 0.5) is 0 Å². The summed E-state index contributed by atoms with van der Waals surface area (Å²) in [4.78, 5) is 6.77. The molecular weight excluding hydrogens is 236 g/mol. The van der Waals surface area contributed by atoms with E-state index in [0.717, 1.165) is 13.0 Å². The normalized spacial score (nSPS) is 27.4. The highest BCUT2D eigenvalue weighted by Crippen LogP contribution is 2.34. The number of fused-ring (bicyclic) bond motifs is 1. The van der Waals surface area contributed by atoms with Crippen LogP contribution in [0.15, 0.2) is 18.5 Å². The first kappa shape index (κ1) is 13.1. The molecule has 0 bridgehead atoms. The van der Waals surface area contributed by atoms with Gasteiger partial charge in [0.05, 0.1) is 12.2 Å². The Kier molecular flexibility index (Phi) is 4.14. The van der Waals surface area contributed by atoms with E-state index in [1.54, 1.807) is 0 Å². The van der Waals surface area contributed by atoms with Gasteiger partial charge >= 0.3 is 0 Å². The minimum Gasteiger partial charge on any atom is -0.369 e. The fraction of sp³-hybridized carbons (Fsp3) is 0.688. The monoisotopic (exact) mass is 260 g/mol. The van der Waals surface area contributed by atoms with E-state index in [-0.39, 0.29) is 0 Å². The highest BCUT2D eigenvalue weighted by atomic mass is 16.5. The van der Waals surface area contributed by atoms with Gasteiger partial charge in [0.15, 0.2) is 0 Å². The van der Waals surface area contributed by atoms with E-state index in [4.69, 9.17) is 4.74 Å². The summed E-state index contributed by atoms with van der Waals surface area (Å²) in [5.74, 6) is 0. The first-order chi connectivity index (χ1) is 9.36. The molecule has 1 aromatic heterocycles. The molecule has 0 radical (unpaired) electrons. The molecule has 3 nitrogen and oxygen atoms in total. The molecule has 1 saturated heterocycles. The number of pyridine rings is 1. The third-order valence-electron chi connectivity index (χ3n) is 4.33. The number of hydrogen-bond donors (Lipinski definition) is 0. The summed E-state index contributed by atoms with van der Waals surface area (Å²) in [7, 11) is 0. The van der Waals surface area contributed by atoms with Crippen molar-refractivity contribution in [1.29, 1.82) is 0 Å². The molecule has 3 heteroatoms. The molecule has 0 amide bonds. The lowest BCUT2D eigenvalue weighted by Crippen LogP contribution is -2.26. The molecule has 1 fully saturated rings. The molecule has 19 heavy (non-hydrogen) atoms. The van der Waals surface area contributed by atoms with Crippen LogP contribution in [0.3, 0.4) is 0 Å². The summed E-state index contributed by atoms with van der Waals surface area (Å²) in [6.07, 6.45) is 10.6. The highest BCUT2D eigenvalue weighted by molar-refractivity contribution is 5.28. The molecule has 2 unspecified atom stereocenters. The van der Waals surface area contributed by atoms with Gasteiger partial charge in [0.25, 0.3) is 0 Å². The van der Waals surface area contributed by atoms with Gasteiger partial charge in [-0.1, -0.05) is 6.92 Å². The molecule has 1 aromatic rings. The van der Waals surface area contributed by atoms with Crippen LogP contribution >= 0.6 is 0 Å². The van der Waals surface area contributed by atoms with Crippen LogP contribution in [0, 0.1) is 0 Å². The van der Waals surface area contributed by atoms with Crippen LogP contribution in [-0.4, -0.2) is 35.6 Å². The number of aromatic nitrogens is 1. The molecule has 0 aromatic carbocycles. The maximum Gasteiger partial charge on any atom is 0.0833 e. The van der Waals surface area contributed by atoms with E-state index in [1.807, 2.05) is 12.4 Å². The molecule has 2 heterocycles. The molecule has 3 rings (SSSR count). The lowest BCUT2D eigenvalue weighted by Gasteiger charge is -2.28. The predicted molar refractivity (Wildman–Crippen MR) is 76.1 cm³/mol. The number of aryl methyl sites for hydroxylation is 1. The zero-order valence-corrected chi connectivity index (χ0v) is 11.8. The van der Waals surface area contributed by atoms with Gasteiger partial charge in [-0.2, -0.15) is 0 Å². The second kappa shape index (κ2) is 6.02. The standard InChI is InChI=1S/C16H24N2O/c1-2-9-18-10-7-14(12-18)19-16-5-3-4-13-11-17-8-6-15(13)16/h6,8,11,14,16H,2-5,7,9-10,12H2,1H3. The van der Waals surface area contributed by atoms with Crippen LogP contribution in [0.1, 0.15) is 49.8 Å². The van der Waals surface area contributed by atoms with E-state index in [0.29, 0.717) is 12.2 Å². The molecule has 0 N–H and O–H groups in total. The average Bonchev–Trinajstić information content (AvgIpc) is 2.87. The van der Waals surface area contributed by atoms with Gasteiger partial charge < -0.3 is 9.64 Å². The Morgan fingerprint density at radius 2 is 2.37 bits per heavy atom. The van der Waals surface area contributed by atoms with E-state index >= 15 is 0 Å². The quantitative estimate of drug-likeness (QED) is 0.832. The van der Waals surface area contributed by atoms with E-state index in [2.05, 4.69) is 22.9 Å². The first-order valence-corrected chi connectivity index (χ1v) is 7.67. The topological polar surface area (TPSA) is 25.4 Å². The smallest absolute Gasteiger partial charge is 0.0833 e. The third-order valence-corrected chi connectivity index (χ3v) is 4.33. The summed E-state index contributed by atoms with van der Waals surface area (Å²) < 4.78 is 6.39. The summed E-state index contributed by atoms with van der Waals surface area (Å²) in [6, 6.07) is 2.15. The predicted octanol–water partition coefficient (Wildman–Crippen LogP) is 2.96. The lowest BCUT2D eigenvalue weighted by atomic mass is 9.91. The zero-order valence-electron chi connectivity index (χ0n) is 11.8. The Balaban J connectivity index is 1.62. The maximum atomic E-state index is 6.39. The number of ether oxygens (including phenoxy) is 1. The molecule has 1 aliphatic heterocycles. The van der Waals surface area contributed by atoms with Gasteiger partial charge in [-0.15, -0.1) is 0 Å². The maximum absolute atomic E-state index is 6.39. The van der Waals surface area contributed by atoms with Crippen LogP contribution in [0.5, 0.6) is 0 Å². The number of nitrogens with zero attached hydrogens (tertiary/aromatic N) is 2. The average molecular weight is 260 g/mol. The number of rotatable bonds is 4. The van der Waals surface area contributed by atoms with Crippen molar-refractivity contribution in [2.45, 2.75) is 51.2 Å². The van der Waals surface area contributed by atoms with Crippen LogP contribution in [0.25, 0.3) is 0 Å². The molecule has 0 spiro atoms. The van der Waals surface area contributed by atoms with Crippen molar-refractivity contribution in [3.05, 3.63) is 29.6 Å². The number of likely N-dealkylation sites (tertiary alicyclic amines) is 1. The zero-order chi connectivity index (χ0) is 13.1. The van der Waals surface area contributed by atoms with Gasteiger partial charge in [0.1, 0.15) is 0 Å². The van der Waals surface area contributed by atoms with Gasteiger partial charge in [-0.25, -0.2) is 0 Å². The van der Waals surface area contributed by atoms with Crippen molar-refractivity contribution in [2.75, 3.05) is 19.6 Å². The summed E-state index contributed by atoms with van der Waals surface area (Å²) in [5.41, 5.74) is 2.78. The molecule has 2 atom stereocenters. The molecular formula is C16H24N2O. The number of hydrogen-bond acceptors (Lipinski definition) is 3. The SMILES string of the molecule is CCCN1CCC(OC2CCCc3cnccc32)C1. The van der Waals surface area contributed by atoms with Crippen molar-refractivity contribution in [3.8, 4) is 0 Å².